The van der Waals surface area contributed by atoms with Crippen LogP contribution in [-0.2, 0) is 11.2 Å². The Morgan fingerprint density at radius 1 is 1.35 bits per heavy atom. The SMILES string of the molecule is Cc1ccc(OC2CCN(C(=O)Cc3ccccc3Cl)C2)nc1. The number of pyridine rings is 1. The van der Waals surface area contributed by atoms with E-state index in [0.717, 1.165) is 17.5 Å². The number of benzene rings is 1. The number of ether oxygens (including phenoxy) is 1. The van der Waals surface area contributed by atoms with Gasteiger partial charge in [-0.3, -0.25) is 4.79 Å². The molecule has 1 fully saturated rings. The van der Waals surface area contributed by atoms with Gasteiger partial charge in [-0.1, -0.05) is 35.9 Å². The molecule has 1 aliphatic rings. The number of amides is 1. The molecule has 4 nitrogen and oxygen atoms in total. The number of aromatic nitrogens is 1. The number of carbonyl (C=O) groups is 1. The van der Waals surface area contributed by atoms with Crippen molar-refractivity contribution in [2.75, 3.05) is 13.1 Å². The van der Waals surface area contributed by atoms with Gasteiger partial charge in [0.25, 0.3) is 0 Å². The van der Waals surface area contributed by atoms with E-state index in [4.69, 9.17) is 16.3 Å². The van der Waals surface area contributed by atoms with Crippen LogP contribution in [0, 0.1) is 6.92 Å². The Bertz CT molecular complexity index is 688. The van der Waals surface area contributed by atoms with Crippen molar-refractivity contribution in [3.8, 4) is 5.88 Å². The highest BCUT2D eigenvalue weighted by Gasteiger charge is 2.28. The van der Waals surface area contributed by atoms with Gasteiger partial charge in [0.15, 0.2) is 0 Å². The molecule has 1 atom stereocenters. The average Bonchev–Trinajstić information content (AvgIpc) is 3.00. The Hall–Kier alpha value is -2.07. The highest BCUT2D eigenvalue weighted by atomic mass is 35.5. The fourth-order valence-corrected chi connectivity index (χ4v) is 2.86. The minimum absolute atomic E-state index is 0.000372. The lowest BCUT2D eigenvalue weighted by molar-refractivity contribution is -0.129. The van der Waals surface area contributed by atoms with Gasteiger partial charge >= 0.3 is 0 Å². The molecule has 0 N–H and O–H groups in total. The van der Waals surface area contributed by atoms with Crippen molar-refractivity contribution < 1.29 is 9.53 Å². The summed E-state index contributed by atoms with van der Waals surface area (Å²) in [6.07, 6.45) is 2.93. The maximum atomic E-state index is 12.4. The van der Waals surface area contributed by atoms with E-state index >= 15 is 0 Å². The maximum absolute atomic E-state index is 12.4. The van der Waals surface area contributed by atoms with Crippen LogP contribution in [0.4, 0.5) is 0 Å². The first-order valence-electron chi connectivity index (χ1n) is 7.72. The first-order valence-corrected chi connectivity index (χ1v) is 8.10. The van der Waals surface area contributed by atoms with Gasteiger partial charge in [0.05, 0.1) is 13.0 Å². The molecule has 1 saturated heterocycles. The molecule has 1 amide bonds. The summed E-state index contributed by atoms with van der Waals surface area (Å²) in [6, 6.07) is 11.3. The Morgan fingerprint density at radius 3 is 2.91 bits per heavy atom. The first-order chi connectivity index (χ1) is 11.1. The molecule has 5 heteroatoms. The molecule has 0 spiro atoms. The molecule has 2 heterocycles. The largest absolute Gasteiger partial charge is 0.472 e. The fourth-order valence-electron chi connectivity index (χ4n) is 2.66. The van der Waals surface area contributed by atoms with Crippen molar-refractivity contribution in [3.05, 3.63) is 58.7 Å². The van der Waals surface area contributed by atoms with Gasteiger partial charge in [0, 0.05) is 30.3 Å². The van der Waals surface area contributed by atoms with E-state index in [9.17, 15) is 4.79 Å². The van der Waals surface area contributed by atoms with Crippen LogP contribution >= 0.6 is 11.6 Å². The quantitative estimate of drug-likeness (QED) is 0.864. The standard InChI is InChI=1S/C18H19ClN2O2/c1-13-6-7-17(20-11-13)23-15-8-9-21(12-15)18(22)10-14-4-2-3-5-16(14)19/h2-7,11,15H,8-10,12H2,1H3. The minimum Gasteiger partial charge on any atom is -0.472 e. The zero-order chi connectivity index (χ0) is 16.2. The van der Waals surface area contributed by atoms with Crippen molar-refractivity contribution in [1.82, 2.24) is 9.88 Å². The van der Waals surface area contributed by atoms with Crippen LogP contribution in [0.3, 0.4) is 0 Å². The van der Waals surface area contributed by atoms with Crippen molar-refractivity contribution in [1.29, 1.82) is 0 Å². The van der Waals surface area contributed by atoms with E-state index < -0.39 is 0 Å². The van der Waals surface area contributed by atoms with Crippen LogP contribution < -0.4 is 4.74 Å². The predicted molar refractivity (Wildman–Crippen MR) is 89.7 cm³/mol. The summed E-state index contributed by atoms with van der Waals surface area (Å²) < 4.78 is 5.85. The Labute approximate surface area is 141 Å². The number of aryl methyl sites for hydroxylation is 1. The summed E-state index contributed by atoms with van der Waals surface area (Å²) >= 11 is 6.12. The van der Waals surface area contributed by atoms with Crippen molar-refractivity contribution in [3.63, 3.8) is 0 Å². The third-order valence-corrected chi connectivity index (χ3v) is 4.34. The molecule has 23 heavy (non-hydrogen) atoms. The molecule has 1 aromatic carbocycles. The Morgan fingerprint density at radius 2 is 2.17 bits per heavy atom. The normalized spacial score (nSPS) is 17.3. The molecule has 1 unspecified atom stereocenters. The second kappa shape index (κ2) is 7.01. The predicted octanol–water partition coefficient (Wildman–Crippen LogP) is 3.27. The lowest BCUT2D eigenvalue weighted by Gasteiger charge is -2.17. The van der Waals surface area contributed by atoms with Gasteiger partial charge < -0.3 is 9.64 Å². The molecular weight excluding hydrogens is 312 g/mol. The molecule has 2 aromatic rings. The number of likely N-dealkylation sites (tertiary alicyclic amines) is 1. The van der Waals surface area contributed by atoms with E-state index in [1.165, 1.54) is 0 Å². The number of hydrogen-bond donors (Lipinski definition) is 0. The second-order valence-electron chi connectivity index (χ2n) is 5.81. The summed E-state index contributed by atoms with van der Waals surface area (Å²) in [5.74, 6) is 0.696. The highest BCUT2D eigenvalue weighted by Crippen LogP contribution is 2.20. The molecule has 1 aromatic heterocycles. The van der Waals surface area contributed by atoms with E-state index in [1.54, 1.807) is 6.20 Å². The molecule has 0 saturated carbocycles. The van der Waals surface area contributed by atoms with Crippen LogP contribution in [0.2, 0.25) is 5.02 Å². The molecule has 3 rings (SSSR count). The van der Waals surface area contributed by atoms with Crippen LogP contribution in [0.25, 0.3) is 0 Å². The van der Waals surface area contributed by atoms with E-state index in [0.29, 0.717) is 30.4 Å². The molecule has 0 radical (unpaired) electrons. The third-order valence-electron chi connectivity index (χ3n) is 3.97. The molecule has 120 valence electrons. The molecular formula is C18H19ClN2O2. The fraction of sp³-hybridized carbons (Fsp3) is 0.333. The van der Waals surface area contributed by atoms with Gasteiger partial charge in [-0.2, -0.15) is 0 Å². The number of nitrogens with zero attached hydrogens (tertiary/aromatic N) is 2. The number of hydrogen-bond acceptors (Lipinski definition) is 3. The van der Waals surface area contributed by atoms with Crippen molar-refractivity contribution >= 4 is 17.5 Å². The van der Waals surface area contributed by atoms with E-state index in [2.05, 4.69) is 4.98 Å². The average molecular weight is 331 g/mol. The molecule has 0 aliphatic carbocycles. The maximum Gasteiger partial charge on any atom is 0.227 e. The van der Waals surface area contributed by atoms with Gasteiger partial charge in [-0.25, -0.2) is 4.98 Å². The van der Waals surface area contributed by atoms with Crippen molar-refractivity contribution in [2.24, 2.45) is 0 Å². The smallest absolute Gasteiger partial charge is 0.227 e. The van der Waals surface area contributed by atoms with Crippen LogP contribution in [0.1, 0.15) is 17.5 Å². The summed E-state index contributed by atoms with van der Waals surface area (Å²) in [7, 11) is 0. The van der Waals surface area contributed by atoms with Crippen LogP contribution in [0.15, 0.2) is 42.6 Å². The zero-order valence-corrected chi connectivity index (χ0v) is 13.8. The third kappa shape index (κ3) is 4.02. The minimum atomic E-state index is 0.000372. The Balaban J connectivity index is 1.55. The lowest BCUT2D eigenvalue weighted by atomic mass is 10.1. The summed E-state index contributed by atoms with van der Waals surface area (Å²) in [5, 5.41) is 0.636. The van der Waals surface area contributed by atoms with Crippen LogP contribution in [-0.4, -0.2) is 35.0 Å². The van der Waals surface area contributed by atoms with Gasteiger partial charge in [0.1, 0.15) is 6.10 Å². The van der Waals surface area contributed by atoms with Gasteiger partial charge in [-0.15, -0.1) is 0 Å². The highest BCUT2D eigenvalue weighted by molar-refractivity contribution is 6.31. The van der Waals surface area contributed by atoms with Crippen LogP contribution in [0.5, 0.6) is 5.88 Å². The van der Waals surface area contributed by atoms with Gasteiger partial charge in [0.2, 0.25) is 11.8 Å². The summed E-state index contributed by atoms with van der Waals surface area (Å²) in [5.41, 5.74) is 1.96. The number of rotatable bonds is 4. The second-order valence-corrected chi connectivity index (χ2v) is 6.22. The monoisotopic (exact) mass is 330 g/mol. The van der Waals surface area contributed by atoms with E-state index in [-0.39, 0.29) is 12.0 Å². The summed E-state index contributed by atoms with van der Waals surface area (Å²) in [4.78, 5) is 18.5. The lowest BCUT2D eigenvalue weighted by Crippen LogP contribution is -2.32. The molecule has 1 aliphatic heterocycles. The number of carbonyl (C=O) groups excluding carboxylic acids is 1. The number of halogens is 1. The topological polar surface area (TPSA) is 42.4 Å². The zero-order valence-electron chi connectivity index (χ0n) is 13.0. The first kappa shape index (κ1) is 15.8. The van der Waals surface area contributed by atoms with Gasteiger partial charge in [-0.05, 0) is 24.1 Å². The molecule has 0 bridgehead atoms. The van der Waals surface area contributed by atoms with E-state index in [1.807, 2.05) is 48.2 Å². The van der Waals surface area contributed by atoms with Crippen molar-refractivity contribution in [2.45, 2.75) is 25.9 Å². The summed E-state index contributed by atoms with van der Waals surface area (Å²) in [6.45, 7) is 3.29. The Kier molecular flexibility index (Phi) is 4.82.